The maximum absolute atomic E-state index is 8.44. The quantitative estimate of drug-likeness (QED) is 0.679. The van der Waals surface area contributed by atoms with Gasteiger partial charge in [0.25, 0.3) is 0 Å². The normalized spacial score (nSPS) is 9.50. The molecule has 2 nitrogen and oxygen atoms in total. The van der Waals surface area contributed by atoms with Crippen LogP contribution in [0.3, 0.4) is 0 Å². The van der Waals surface area contributed by atoms with Crippen LogP contribution in [-0.2, 0) is 0 Å². The fourth-order valence-electron chi connectivity index (χ4n) is 1.51. The van der Waals surface area contributed by atoms with Crippen LogP contribution in [0.5, 0.6) is 0 Å². The van der Waals surface area contributed by atoms with Crippen LogP contribution in [0.4, 0.5) is 5.69 Å². The third-order valence-corrected chi connectivity index (χ3v) is 2.31. The Kier molecular flexibility index (Phi) is 4.00. The minimum atomic E-state index is 0.635. The fourth-order valence-corrected chi connectivity index (χ4v) is 1.51. The maximum atomic E-state index is 8.44. The molecule has 0 amide bonds. The van der Waals surface area contributed by atoms with Gasteiger partial charge < -0.3 is 4.90 Å². The number of rotatable bonds is 4. The van der Waals surface area contributed by atoms with Gasteiger partial charge in [-0.2, -0.15) is 5.26 Å². The summed E-state index contributed by atoms with van der Waals surface area (Å²) in [4.78, 5) is 2.20. The van der Waals surface area contributed by atoms with Crippen molar-refractivity contribution in [2.45, 2.75) is 19.8 Å². The van der Waals surface area contributed by atoms with E-state index in [0.717, 1.165) is 13.0 Å². The molecule has 0 radical (unpaired) electrons. The van der Waals surface area contributed by atoms with Gasteiger partial charge in [-0.25, -0.2) is 0 Å². The zero-order valence-electron chi connectivity index (χ0n) is 8.83. The first-order valence-corrected chi connectivity index (χ1v) is 4.89. The molecule has 74 valence electrons. The molecule has 0 fully saturated rings. The molecule has 1 aromatic carbocycles. The summed E-state index contributed by atoms with van der Waals surface area (Å²) >= 11 is 0. The molecule has 0 N–H and O–H groups in total. The first-order valence-electron chi connectivity index (χ1n) is 4.89. The molecule has 0 aliphatic carbocycles. The minimum Gasteiger partial charge on any atom is -0.374 e. The first-order chi connectivity index (χ1) is 6.75. The lowest BCUT2D eigenvalue weighted by atomic mass is 10.2. The summed E-state index contributed by atoms with van der Waals surface area (Å²) in [7, 11) is 2.07. The van der Waals surface area contributed by atoms with Gasteiger partial charge >= 0.3 is 0 Å². The molecule has 0 bridgehead atoms. The molecule has 1 rings (SSSR count). The van der Waals surface area contributed by atoms with Crippen LogP contribution in [0, 0.1) is 18.3 Å². The van der Waals surface area contributed by atoms with E-state index in [1.165, 1.54) is 11.3 Å². The lowest BCUT2D eigenvalue weighted by Crippen LogP contribution is -2.19. The van der Waals surface area contributed by atoms with Gasteiger partial charge in [-0.3, -0.25) is 0 Å². The molecule has 2 heteroatoms. The van der Waals surface area contributed by atoms with Crippen LogP contribution in [-0.4, -0.2) is 13.6 Å². The van der Waals surface area contributed by atoms with E-state index in [1.54, 1.807) is 0 Å². The van der Waals surface area contributed by atoms with E-state index in [9.17, 15) is 0 Å². The fraction of sp³-hybridized carbons (Fsp3) is 0.417. The molecule has 0 atom stereocenters. The van der Waals surface area contributed by atoms with Crippen molar-refractivity contribution in [2.75, 3.05) is 18.5 Å². The molecular weight excluding hydrogens is 172 g/mol. The van der Waals surface area contributed by atoms with Gasteiger partial charge in [0.1, 0.15) is 0 Å². The molecule has 1 aromatic rings. The van der Waals surface area contributed by atoms with E-state index in [1.807, 2.05) is 12.1 Å². The molecule has 0 aliphatic heterocycles. The maximum Gasteiger partial charge on any atom is 0.0622 e. The number of unbranched alkanes of at least 4 members (excludes halogenated alkanes) is 1. The number of nitrogens with zero attached hydrogens (tertiary/aromatic N) is 2. The molecule has 0 aliphatic rings. The summed E-state index contributed by atoms with van der Waals surface area (Å²) in [5.41, 5.74) is 2.54. The number of hydrogen-bond donors (Lipinski definition) is 0. The zero-order chi connectivity index (χ0) is 10.4. The third kappa shape index (κ3) is 2.77. The predicted octanol–water partition coefficient (Wildman–Crippen LogP) is 2.74. The third-order valence-electron chi connectivity index (χ3n) is 2.31. The van der Waals surface area contributed by atoms with E-state index in [4.69, 9.17) is 5.26 Å². The van der Waals surface area contributed by atoms with Crippen LogP contribution in [0.2, 0.25) is 0 Å². The van der Waals surface area contributed by atoms with Crippen molar-refractivity contribution in [3.05, 3.63) is 29.8 Å². The summed E-state index contributed by atoms with van der Waals surface area (Å²) in [6, 6.07) is 10.5. The first kappa shape index (κ1) is 10.6. The van der Waals surface area contributed by atoms with Crippen LogP contribution < -0.4 is 4.90 Å². The van der Waals surface area contributed by atoms with Crippen molar-refractivity contribution in [1.82, 2.24) is 0 Å². The summed E-state index contributed by atoms with van der Waals surface area (Å²) in [5.74, 6) is 0. The van der Waals surface area contributed by atoms with Gasteiger partial charge in [0.15, 0.2) is 0 Å². The number of aryl methyl sites for hydroxylation is 1. The highest BCUT2D eigenvalue weighted by Crippen LogP contribution is 2.17. The van der Waals surface area contributed by atoms with Crippen LogP contribution in [0.1, 0.15) is 18.4 Å². The topological polar surface area (TPSA) is 27.0 Å². The van der Waals surface area contributed by atoms with Gasteiger partial charge in [-0.1, -0.05) is 18.2 Å². The Morgan fingerprint density at radius 1 is 1.36 bits per heavy atom. The smallest absolute Gasteiger partial charge is 0.0622 e. The van der Waals surface area contributed by atoms with E-state index >= 15 is 0 Å². The molecule has 0 aromatic heterocycles. The van der Waals surface area contributed by atoms with Crippen molar-refractivity contribution in [3.8, 4) is 6.07 Å². The van der Waals surface area contributed by atoms with Crippen molar-refractivity contribution < 1.29 is 0 Å². The highest BCUT2D eigenvalue weighted by molar-refractivity contribution is 5.52. The SMILES string of the molecule is Cc1ccccc1N(C)CCCC#N. The van der Waals surface area contributed by atoms with E-state index < -0.39 is 0 Å². The standard InChI is InChI=1S/C12H16N2/c1-11-7-3-4-8-12(11)14(2)10-6-5-9-13/h3-4,7-8H,5-6,10H2,1-2H3. The van der Waals surface area contributed by atoms with Crippen molar-refractivity contribution >= 4 is 5.69 Å². The van der Waals surface area contributed by atoms with Gasteiger partial charge in [0.2, 0.25) is 0 Å². The van der Waals surface area contributed by atoms with E-state index in [-0.39, 0.29) is 0 Å². The zero-order valence-corrected chi connectivity index (χ0v) is 8.83. The molecule has 0 saturated carbocycles. The second-order valence-electron chi connectivity index (χ2n) is 3.47. The summed E-state index contributed by atoms with van der Waals surface area (Å²) < 4.78 is 0. The molecular formula is C12H16N2. The Morgan fingerprint density at radius 3 is 2.71 bits per heavy atom. The largest absolute Gasteiger partial charge is 0.374 e. The highest BCUT2D eigenvalue weighted by atomic mass is 15.1. The van der Waals surface area contributed by atoms with Gasteiger partial charge in [-0.05, 0) is 25.0 Å². The number of hydrogen-bond acceptors (Lipinski definition) is 2. The van der Waals surface area contributed by atoms with Crippen molar-refractivity contribution in [3.63, 3.8) is 0 Å². The average molecular weight is 188 g/mol. The molecule has 14 heavy (non-hydrogen) atoms. The lowest BCUT2D eigenvalue weighted by molar-refractivity contribution is 0.804. The minimum absolute atomic E-state index is 0.635. The Balaban J connectivity index is 2.57. The van der Waals surface area contributed by atoms with E-state index in [2.05, 4.69) is 37.1 Å². The monoisotopic (exact) mass is 188 g/mol. The number of anilines is 1. The number of nitriles is 1. The second-order valence-corrected chi connectivity index (χ2v) is 3.47. The predicted molar refractivity (Wildman–Crippen MR) is 59.3 cm³/mol. The average Bonchev–Trinajstić information content (AvgIpc) is 2.18. The molecule has 0 spiro atoms. The Morgan fingerprint density at radius 2 is 2.07 bits per heavy atom. The lowest BCUT2D eigenvalue weighted by Gasteiger charge is -2.20. The molecule has 0 heterocycles. The summed E-state index contributed by atoms with van der Waals surface area (Å²) in [6.45, 7) is 3.05. The summed E-state index contributed by atoms with van der Waals surface area (Å²) in [6.07, 6.45) is 1.57. The van der Waals surface area contributed by atoms with Crippen molar-refractivity contribution in [2.24, 2.45) is 0 Å². The van der Waals surface area contributed by atoms with Gasteiger partial charge in [0, 0.05) is 25.7 Å². The second kappa shape index (κ2) is 5.29. The number of benzene rings is 1. The number of para-hydroxylation sites is 1. The van der Waals surface area contributed by atoms with E-state index in [0.29, 0.717) is 6.42 Å². The molecule has 0 saturated heterocycles. The van der Waals surface area contributed by atoms with Crippen LogP contribution >= 0.6 is 0 Å². The van der Waals surface area contributed by atoms with Crippen LogP contribution in [0.15, 0.2) is 24.3 Å². The highest BCUT2D eigenvalue weighted by Gasteiger charge is 2.02. The Hall–Kier alpha value is -1.49. The summed E-state index contributed by atoms with van der Waals surface area (Å²) in [5, 5.41) is 8.44. The van der Waals surface area contributed by atoms with Gasteiger partial charge in [0.05, 0.1) is 6.07 Å². The van der Waals surface area contributed by atoms with Crippen LogP contribution in [0.25, 0.3) is 0 Å². The van der Waals surface area contributed by atoms with Crippen molar-refractivity contribution in [1.29, 1.82) is 5.26 Å². The van der Waals surface area contributed by atoms with Gasteiger partial charge in [-0.15, -0.1) is 0 Å². The Labute approximate surface area is 85.8 Å². The molecule has 0 unspecified atom stereocenters. The Bertz CT molecular complexity index is 325.